The van der Waals surface area contributed by atoms with E-state index in [1.54, 1.807) is 0 Å². The van der Waals surface area contributed by atoms with Gasteiger partial charge in [0.1, 0.15) is 5.41 Å². The van der Waals surface area contributed by atoms with Crippen molar-refractivity contribution < 1.29 is 32.6 Å². The van der Waals surface area contributed by atoms with Gasteiger partial charge >= 0.3 is 18.1 Å². The maximum atomic E-state index is 11.8. The van der Waals surface area contributed by atoms with Crippen LogP contribution in [0, 0.1) is 5.41 Å². The number of amides is 1. The number of aliphatic carboxylic acids is 1. The Morgan fingerprint density at radius 1 is 1.38 bits per heavy atom. The van der Waals surface area contributed by atoms with Gasteiger partial charge in [0.15, 0.2) is 0 Å². The number of carboxylic acids is 1. The van der Waals surface area contributed by atoms with E-state index in [-0.39, 0.29) is 6.61 Å². The van der Waals surface area contributed by atoms with Gasteiger partial charge < -0.3 is 15.2 Å². The average molecular weight is 243 g/mol. The molecule has 0 rings (SSSR count). The molecule has 1 unspecified atom stereocenters. The van der Waals surface area contributed by atoms with Crippen LogP contribution in [-0.2, 0) is 14.3 Å². The van der Waals surface area contributed by atoms with Crippen molar-refractivity contribution in [3.05, 3.63) is 0 Å². The van der Waals surface area contributed by atoms with Gasteiger partial charge in [-0.15, -0.1) is 0 Å². The Morgan fingerprint density at radius 3 is 2.19 bits per heavy atom. The van der Waals surface area contributed by atoms with Crippen LogP contribution in [-0.4, -0.2) is 43.4 Å². The van der Waals surface area contributed by atoms with E-state index in [0.29, 0.717) is 0 Å². The minimum Gasteiger partial charge on any atom is -0.481 e. The van der Waals surface area contributed by atoms with Crippen molar-refractivity contribution in [2.75, 3.05) is 20.3 Å². The van der Waals surface area contributed by atoms with Crippen molar-refractivity contribution in [1.29, 1.82) is 0 Å². The number of carbonyl (C=O) groups excluding carboxylic acids is 1. The lowest BCUT2D eigenvalue weighted by atomic mass is 9.92. The first-order valence-electron chi connectivity index (χ1n) is 4.21. The van der Waals surface area contributed by atoms with Crippen molar-refractivity contribution >= 4 is 11.9 Å². The molecule has 5 nitrogen and oxygen atoms in total. The van der Waals surface area contributed by atoms with E-state index >= 15 is 0 Å². The molecule has 0 aromatic rings. The Morgan fingerprint density at radius 2 is 1.88 bits per heavy atom. The van der Waals surface area contributed by atoms with Gasteiger partial charge in [-0.3, -0.25) is 9.59 Å². The molecule has 0 heterocycles. The molecule has 0 aromatic carbocycles. The monoisotopic (exact) mass is 243 g/mol. The van der Waals surface area contributed by atoms with Crippen LogP contribution in [0.3, 0.4) is 0 Å². The number of nitrogens with one attached hydrogen (secondary N) is 1. The summed E-state index contributed by atoms with van der Waals surface area (Å²) in [5.74, 6) is -3.52. The van der Waals surface area contributed by atoms with Crippen LogP contribution >= 0.6 is 0 Å². The molecule has 0 bridgehead atoms. The summed E-state index contributed by atoms with van der Waals surface area (Å²) >= 11 is 0. The van der Waals surface area contributed by atoms with E-state index in [1.165, 1.54) is 19.4 Å². The summed E-state index contributed by atoms with van der Waals surface area (Å²) in [4.78, 5) is 21.2. The van der Waals surface area contributed by atoms with E-state index in [1.807, 2.05) is 0 Å². The molecule has 8 heteroatoms. The fourth-order valence-electron chi connectivity index (χ4n) is 0.883. The van der Waals surface area contributed by atoms with Crippen molar-refractivity contribution in [2.24, 2.45) is 5.41 Å². The molecule has 0 saturated heterocycles. The number of carbonyl (C=O) groups is 2. The summed E-state index contributed by atoms with van der Waals surface area (Å²) in [7, 11) is 1.22. The first-order valence-corrected chi connectivity index (χ1v) is 4.21. The Labute approximate surface area is 89.6 Å². The van der Waals surface area contributed by atoms with Crippen LogP contribution in [0.25, 0.3) is 0 Å². The summed E-state index contributed by atoms with van der Waals surface area (Å²) in [5, 5.41) is 10.3. The molecule has 0 aliphatic heterocycles. The third-order valence-corrected chi connectivity index (χ3v) is 1.88. The second-order valence-electron chi connectivity index (χ2n) is 3.48. The van der Waals surface area contributed by atoms with E-state index in [9.17, 15) is 22.8 Å². The predicted molar refractivity (Wildman–Crippen MR) is 46.7 cm³/mol. The fourth-order valence-corrected chi connectivity index (χ4v) is 0.883. The highest BCUT2D eigenvalue weighted by atomic mass is 19.4. The lowest BCUT2D eigenvalue weighted by molar-refractivity contribution is -0.174. The predicted octanol–water partition coefficient (Wildman–Crippen LogP) is 0.402. The minimum absolute atomic E-state index is 0.305. The molecule has 94 valence electrons. The summed E-state index contributed by atoms with van der Waals surface area (Å²) in [5.41, 5.74) is -1.59. The number of carboxylic acid groups (broad SMARTS) is 1. The third-order valence-electron chi connectivity index (χ3n) is 1.88. The highest BCUT2D eigenvalue weighted by molar-refractivity contribution is 5.83. The molecule has 0 saturated carbocycles. The molecule has 16 heavy (non-hydrogen) atoms. The number of alkyl halides is 3. The van der Waals surface area contributed by atoms with Crippen LogP contribution in [0.1, 0.15) is 6.92 Å². The Kier molecular flexibility index (Phi) is 4.73. The van der Waals surface area contributed by atoms with E-state index < -0.39 is 30.0 Å². The fraction of sp³-hybridized carbons (Fsp3) is 0.750. The van der Waals surface area contributed by atoms with Crippen molar-refractivity contribution in [1.82, 2.24) is 5.32 Å². The van der Waals surface area contributed by atoms with Gasteiger partial charge in [-0.1, -0.05) is 0 Å². The van der Waals surface area contributed by atoms with Gasteiger partial charge in [-0.25, -0.2) is 0 Å². The molecular weight excluding hydrogens is 231 g/mol. The zero-order chi connectivity index (χ0) is 13.0. The molecule has 0 fully saturated rings. The maximum Gasteiger partial charge on any atom is 0.471 e. The first kappa shape index (κ1) is 14.7. The number of rotatable bonds is 5. The van der Waals surface area contributed by atoms with Crippen LogP contribution < -0.4 is 5.32 Å². The molecule has 0 radical (unpaired) electrons. The Hall–Kier alpha value is -1.31. The highest BCUT2D eigenvalue weighted by Crippen LogP contribution is 2.18. The van der Waals surface area contributed by atoms with Gasteiger partial charge in [0.2, 0.25) is 0 Å². The van der Waals surface area contributed by atoms with E-state index in [2.05, 4.69) is 4.74 Å². The van der Waals surface area contributed by atoms with Crippen molar-refractivity contribution in [2.45, 2.75) is 13.1 Å². The molecule has 1 atom stereocenters. The lowest BCUT2D eigenvalue weighted by Gasteiger charge is -2.24. The minimum atomic E-state index is -5.02. The van der Waals surface area contributed by atoms with Gasteiger partial charge in [0, 0.05) is 13.7 Å². The normalized spacial score (nSPS) is 15.3. The third kappa shape index (κ3) is 4.05. The largest absolute Gasteiger partial charge is 0.481 e. The molecule has 0 spiro atoms. The second kappa shape index (κ2) is 5.15. The zero-order valence-electron chi connectivity index (χ0n) is 8.72. The van der Waals surface area contributed by atoms with Crippen LogP contribution in [0.5, 0.6) is 0 Å². The number of halogens is 3. The lowest BCUT2D eigenvalue weighted by Crippen LogP contribution is -2.47. The van der Waals surface area contributed by atoms with Crippen molar-refractivity contribution in [3.8, 4) is 0 Å². The summed E-state index contributed by atoms with van der Waals surface area (Å²) in [6.45, 7) is 0.213. The maximum absolute atomic E-state index is 11.8. The van der Waals surface area contributed by atoms with Gasteiger partial charge in [0.05, 0.1) is 6.61 Å². The van der Waals surface area contributed by atoms with Crippen LogP contribution in [0.4, 0.5) is 13.2 Å². The molecule has 2 N–H and O–H groups in total. The smallest absolute Gasteiger partial charge is 0.471 e. The molecule has 0 aromatic heterocycles. The molecule has 0 aliphatic rings. The number of hydrogen-bond donors (Lipinski definition) is 2. The highest BCUT2D eigenvalue weighted by Gasteiger charge is 2.41. The van der Waals surface area contributed by atoms with Gasteiger partial charge in [0.25, 0.3) is 0 Å². The zero-order valence-corrected chi connectivity index (χ0v) is 8.72. The standard InChI is InChI=1S/C8H12F3NO4/c1-7(4-16-2,6(14)15)3-12-5(13)8(9,10)11/h3-4H2,1-2H3,(H,12,13)(H,14,15). The quantitative estimate of drug-likeness (QED) is 0.733. The van der Waals surface area contributed by atoms with Crippen molar-refractivity contribution in [3.63, 3.8) is 0 Å². The molecule has 1 amide bonds. The number of methoxy groups -OCH3 is 1. The summed E-state index contributed by atoms with van der Waals surface area (Å²) < 4.78 is 40.0. The topological polar surface area (TPSA) is 75.6 Å². The van der Waals surface area contributed by atoms with E-state index in [0.717, 1.165) is 0 Å². The van der Waals surface area contributed by atoms with Crippen LogP contribution in [0.2, 0.25) is 0 Å². The average Bonchev–Trinajstić information content (AvgIpc) is 2.12. The first-order chi connectivity index (χ1) is 7.13. The number of ether oxygens (including phenoxy) is 1. The summed E-state index contributed by atoms with van der Waals surface area (Å²) in [6.07, 6.45) is -5.02. The Balaban J connectivity index is 4.46. The molecular formula is C8H12F3NO4. The Bertz CT molecular complexity index is 279. The van der Waals surface area contributed by atoms with Gasteiger partial charge in [-0.05, 0) is 6.92 Å². The van der Waals surface area contributed by atoms with Gasteiger partial charge in [-0.2, -0.15) is 13.2 Å². The SMILES string of the molecule is COCC(C)(CNC(=O)C(F)(F)F)C(=O)O. The number of hydrogen-bond acceptors (Lipinski definition) is 3. The summed E-state index contributed by atoms with van der Waals surface area (Å²) in [6, 6.07) is 0. The van der Waals surface area contributed by atoms with E-state index in [4.69, 9.17) is 5.11 Å². The molecule has 0 aliphatic carbocycles. The second-order valence-corrected chi connectivity index (χ2v) is 3.48. The van der Waals surface area contributed by atoms with Crippen LogP contribution in [0.15, 0.2) is 0 Å².